The van der Waals surface area contributed by atoms with Gasteiger partial charge in [-0.15, -0.1) is 0 Å². The van der Waals surface area contributed by atoms with E-state index in [1.807, 2.05) is 0 Å². The number of nitrogens with one attached hydrogen (secondary N) is 1. The standard InChI is InChI=1S/C13H28N2O4S/c1-12(2)11-19-8-4-6-14-20(17,18)15-7-3-5-13(9-15)10-16/h12-14,16H,3-11H2,1-2H3. The van der Waals surface area contributed by atoms with Crippen molar-refractivity contribution in [2.45, 2.75) is 33.1 Å². The van der Waals surface area contributed by atoms with Crippen molar-refractivity contribution in [1.82, 2.24) is 9.03 Å². The number of nitrogens with zero attached hydrogens (tertiary/aromatic N) is 1. The van der Waals surface area contributed by atoms with Crippen LogP contribution in [0.2, 0.25) is 0 Å². The molecule has 0 aromatic heterocycles. The Hall–Kier alpha value is -0.210. The molecule has 0 amide bonds. The number of piperidine rings is 1. The van der Waals surface area contributed by atoms with Crippen LogP contribution in [0.1, 0.15) is 33.1 Å². The third-order valence-corrected chi connectivity index (χ3v) is 4.86. The van der Waals surface area contributed by atoms with E-state index in [-0.39, 0.29) is 12.5 Å². The Morgan fingerprint density at radius 2 is 2.20 bits per heavy atom. The van der Waals surface area contributed by atoms with Gasteiger partial charge >= 0.3 is 0 Å². The Labute approximate surface area is 122 Å². The van der Waals surface area contributed by atoms with Crippen molar-refractivity contribution in [1.29, 1.82) is 0 Å². The largest absolute Gasteiger partial charge is 0.396 e. The smallest absolute Gasteiger partial charge is 0.279 e. The fraction of sp³-hybridized carbons (Fsp3) is 1.00. The SMILES string of the molecule is CC(C)COCCCNS(=O)(=O)N1CCCC(CO)C1. The Kier molecular flexibility index (Phi) is 7.98. The topological polar surface area (TPSA) is 78.9 Å². The lowest BCUT2D eigenvalue weighted by molar-refractivity contribution is 0.108. The van der Waals surface area contributed by atoms with Gasteiger partial charge in [-0.2, -0.15) is 12.7 Å². The van der Waals surface area contributed by atoms with Crippen LogP contribution in [0.15, 0.2) is 0 Å². The summed E-state index contributed by atoms with van der Waals surface area (Å²) < 4.78 is 33.6. The summed E-state index contributed by atoms with van der Waals surface area (Å²) in [6.45, 7) is 6.82. The molecule has 1 atom stereocenters. The van der Waals surface area contributed by atoms with E-state index in [1.54, 1.807) is 0 Å². The van der Waals surface area contributed by atoms with Gasteiger partial charge in [0, 0.05) is 39.5 Å². The second-order valence-corrected chi connectivity index (χ2v) is 7.53. The maximum atomic E-state index is 12.1. The molecule has 0 saturated carbocycles. The van der Waals surface area contributed by atoms with Crippen LogP contribution in [-0.2, 0) is 14.9 Å². The van der Waals surface area contributed by atoms with Gasteiger partial charge in [-0.05, 0) is 31.1 Å². The lowest BCUT2D eigenvalue weighted by Gasteiger charge is -2.30. The van der Waals surface area contributed by atoms with Gasteiger partial charge in [0.25, 0.3) is 10.2 Å². The quantitative estimate of drug-likeness (QED) is 0.611. The molecule has 0 radical (unpaired) electrons. The first-order valence-corrected chi connectivity index (χ1v) is 8.83. The Morgan fingerprint density at radius 3 is 2.85 bits per heavy atom. The van der Waals surface area contributed by atoms with E-state index >= 15 is 0 Å². The third kappa shape index (κ3) is 6.49. The van der Waals surface area contributed by atoms with Crippen LogP contribution >= 0.6 is 0 Å². The summed E-state index contributed by atoms with van der Waals surface area (Å²) in [4.78, 5) is 0. The average molecular weight is 308 g/mol. The van der Waals surface area contributed by atoms with Gasteiger partial charge in [-0.3, -0.25) is 0 Å². The minimum absolute atomic E-state index is 0.0507. The van der Waals surface area contributed by atoms with Crippen LogP contribution in [0.25, 0.3) is 0 Å². The van der Waals surface area contributed by atoms with Gasteiger partial charge in [-0.1, -0.05) is 13.8 Å². The highest BCUT2D eigenvalue weighted by molar-refractivity contribution is 7.87. The Morgan fingerprint density at radius 1 is 1.45 bits per heavy atom. The summed E-state index contributed by atoms with van der Waals surface area (Å²) in [5, 5.41) is 9.13. The molecular formula is C13H28N2O4S. The van der Waals surface area contributed by atoms with E-state index < -0.39 is 10.2 Å². The second-order valence-electron chi connectivity index (χ2n) is 5.77. The van der Waals surface area contributed by atoms with Crippen molar-refractivity contribution in [3.63, 3.8) is 0 Å². The van der Waals surface area contributed by atoms with Gasteiger partial charge in [0.05, 0.1) is 0 Å². The van der Waals surface area contributed by atoms with Crippen molar-refractivity contribution in [2.24, 2.45) is 11.8 Å². The predicted octanol–water partition coefficient (Wildman–Crippen LogP) is 0.588. The third-order valence-electron chi connectivity index (χ3n) is 3.28. The molecule has 1 fully saturated rings. The first-order chi connectivity index (χ1) is 9.45. The van der Waals surface area contributed by atoms with Gasteiger partial charge in [0.15, 0.2) is 0 Å². The summed E-state index contributed by atoms with van der Waals surface area (Å²) in [7, 11) is -3.41. The van der Waals surface area contributed by atoms with E-state index in [9.17, 15) is 8.42 Å². The Bertz CT molecular complexity index is 359. The summed E-state index contributed by atoms with van der Waals surface area (Å²) >= 11 is 0. The lowest BCUT2D eigenvalue weighted by Crippen LogP contribution is -2.46. The molecule has 0 aromatic carbocycles. The van der Waals surface area contributed by atoms with Gasteiger partial charge in [-0.25, -0.2) is 4.72 Å². The number of hydrogen-bond donors (Lipinski definition) is 2. The fourth-order valence-electron chi connectivity index (χ4n) is 2.18. The zero-order valence-electron chi connectivity index (χ0n) is 12.5. The zero-order chi connectivity index (χ0) is 15.0. The van der Waals surface area contributed by atoms with E-state index in [2.05, 4.69) is 18.6 Å². The minimum atomic E-state index is -3.41. The fourth-order valence-corrected chi connectivity index (χ4v) is 3.54. The van der Waals surface area contributed by atoms with Gasteiger partial charge in [0.2, 0.25) is 0 Å². The van der Waals surface area contributed by atoms with Crippen LogP contribution in [0.4, 0.5) is 0 Å². The molecule has 0 spiro atoms. The van der Waals surface area contributed by atoms with Gasteiger partial charge in [0.1, 0.15) is 0 Å². The molecule has 1 unspecified atom stereocenters. The van der Waals surface area contributed by atoms with E-state index in [1.165, 1.54) is 4.31 Å². The highest BCUT2D eigenvalue weighted by atomic mass is 32.2. The van der Waals surface area contributed by atoms with Crippen LogP contribution < -0.4 is 4.72 Å². The zero-order valence-corrected chi connectivity index (χ0v) is 13.4. The van der Waals surface area contributed by atoms with Crippen molar-refractivity contribution >= 4 is 10.2 Å². The summed E-state index contributed by atoms with van der Waals surface area (Å²) in [6, 6.07) is 0. The molecule has 0 aromatic rings. The molecule has 20 heavy (non-hydrogen) atoms. The number of aliphatic hydroxyl groups is 1. The molecule has 1 heterocycles. The molecule has 1 saturated heterocycles. The Balaban J connectivity index is 2.24. The second kappa shape index (κ2) is 8.94. The van der Waals surface area contributed by atoms with Crippen LogP contribution in [0, 0.1) is 11.8 Å². The maximum Gasteiger partial charge on any atom is 0.279 e. The molecule has 6 nitrogen and oxygen atoms in total. The van der Waals surface area contributed by atoms with Crippen molar-refractivity contribution < 1.29 is 18.3 Å². The van der Waals surface area contributed by atoms with Crippen LogP contribution in [0.5, 0.6) is 0 Å². The average Bonchev–Trinajstić information content (AvgIpc) is 2.42. The molecule has 120 valence electrons. The molecule has 1 aliphatic rings. The van der Waals surface area contributed by atoms with Gasteiger partial charge < -0.3 is 9.84 Å². The molecule has 0 bridgehead atoms. The summed E-state index contributed by atoms with van der Waals surface area (Å²) in [6.07, 6.45) is 2.37. The first-order valence-electron chi connectivity index (χ1n) is 7.39. The summed E-state index contributed by atoms with van der Waals surface area (Å²) in [5.74, 6) is 0.560. The number of aliphatic hydroxyl groups excluding tert-OH is 1. The first kappa shape index (κ1) is 17.8. The van der Waals surface area contributed by atoms with Crippen LogP contribution in [0.3, 0.4) is 0 Å². The molecular weight excluding hydrogens is 280 g/mol. The van der Waals surface area contributed by atoms with E-state index in [4.69, 9.17) is 9.84 Å². The highest BCUT2D eigenvalue weighted by Gasteiger charge is 2.27. The molecule has 0 aliphatic carbocycles. The molecule has 1 rings (SSSR count). The molecule has 1 aliphatic heterocycles. The van der Waals surface area contributed by atoms with Crippen molar-refractivity contribution in [2.75, 3.05) is 39.5 Å². The normalized spacial score (nSPS) is 21.5. The number of hydrogen-bond acceptors (Lipinski definition) is 4. The molecule has 2 N–H and O–H groups in total. The van der Waals surface area contributed by atoms with Crippen molar-refractivity contribution in [3.05, 3.63) is 0 Å². The summed E-state index contributed by atoms with van der Waals surface area (Å²) in [5.41, 5.74) is 0. The number of ether oxygens (including phenoxy) is 1. The van der Waals surface area contributed by atoms with Crippen molar-refractivity contribution in [3.8, 4) is 0 Å². The maximum absolute atomic E-state index is 12.1. The lowest BCUT2D eigenvalue weighted by atomic mass is 10.0. The van der Waals surface area contributed by atoms with E-state index in [0.29, 0.717) is 45.2 Å². The van der Waals surface area contributed by atoms with E-state index in [0.717, 1.165) is 12.8 Å². The monoisotopic (exact) mass is 308 g/mol. The predicted molar refractivity (Wildman–Crippen MR) is 78.6 cm³/mol. The minimum Gasteiger partial charge on any atom is -0.396 e. The molecule has 7 heteroatoms. The highest BCUT2D eigenvalue weighted by Crippen LogP contribution is 2.17. The number of rotatable bonds is 9. The van der Waals surface area contributed by atoms with Crippen LogP contribution in [-0.4, -0.2) is 57.3 Å².